The van der Waals surface area contributed by atoms with Crippen LogP contribution in [0.4, 0.5) is 5.69 Å². The van der Waals surface area contributed by atoms with Crippen LogP contribution in [0, 0.1) is 27.7 Å². The highest BCUT2D eigenvalue weighted by molar-refractivity contribution is 5.48. The van der Waals surface area contributed by atoms with E-state index in [1.54, 1.807) is 0 Å². The largest absolute Gasteiger partial charge is 0.490 e. The van der Waals surface area contributed by atoms with Crippen LogP contribution in [0.3, 0.4) is 0 Å². The number of hydrogen-bond acceptors (Lipinski definition) is 3. The molecular formula is C18H23NO2. The minimum atomic E-state index is 0.497. The van der Waals surface area contributed by atoms with Gasteiger partial charge in [-0.15, -0.1) is 0 Å². The van der Waals surface area contributed by atoms with Gasteiger partial charge in [0.25, 0.3) is 0 Å². The maximum atomic E-state index is 5.86. The predicted molar refractivity (Wildman–Crippen MR) is 87.2 cm³/mol. The number of hydrogen-bond donors (Lipinski definition) is 1. The maximum Gasteiger partial charge on any atom is 0.125 e. The molecule has 0 unspecified atom stereocenters. The Balaban J connectivity index is 1.92. The summed E-state index contributed by atoms with van der Waals surface area (Å²) in [6.45, 7) is 9.24. The summed E-state index contributed by atoms with van der Waals surface area (Å²) in [5.74, 6) is 1.77. The van der Waals surface area contributed by atoms with Crippen LogP contribution in [0.5, 0.6) is 11.5 Å². The van der Waals surface area contributed by atoms with Crippen LogP contribution in [-0.4, -0.2) is 13.2 Å². The molecule has 2 N–H and O–H groups in total. The van der Waals surface area contributed by atoms with Gasteiger partial charge in [-0.1, -0.05) is 23.8 Å². The third kappa shape index (κ3) is 3.91. The topological polar surface area (TPSA) is 44.5 Å². The molecule has 2 aromatic carbocycles. The Morgan fingerprint density at radius 1 is 0.810 bits per heavy atom. The van der Waals surface area contributed by atoms with Gasteiger partial charge in [0.1, 0.15) is 24.7 Å². The van der Waals surface area contributed by atoms with E-state index in [0.29, 0.717) is 18.9 Å². The Morgan fingerprint density at radius 3 is 2.10 bits per heavy atom. The summed E-state index contributed by atoms with van der Waals surface area (Å²) in [4.78, 5) is 0. The summed E-state index contributed by atoms with van der Waals surface area (Å²) in [7, 11) is 0. The molecule has 0 aromatic heterocycles. The lowest BCUT2D eigenvalue weighted by Crippen LogP contribution is -2.11. The monoisotopic (exact) mass is 285 g/mol. The number of nitrogen functional groups attached to an aromatic ring is 1. The second-order valence-electron chi connectivity index (χ2n) is 5.45. The Hall–Kier alpha value is -2.16. The Labute approximate surface area is 126 Å². The van der Waals surface area contributed by atoms with Crippen LogP contribution in [0.25, 0.3) is 0 Å². The molecule has 0 saturated heterocycles. The van der Waals surface area contributed by atoms with E-state index in [1.807, 2.05) is 25.1 Å². The van der Waals surface area contributed by atoms with Gasteiger partial charge in [-0.05, 0) is 50.5 Å². The zero-order valence-corrected chi connectivity index (χ0v) is 13.2. The lowest BCUT2D eigenvalue weighted by atomic mass is 10.1. The fourth-order valence-corrected chi connectivity index (χ4v) is 2.46. The first-order valence-electron chi connectivity index (χ1n) is 7.17. The molecule has 0 amide bonds. The van der Waals surface area contributed by atoms with Gasteiger partial charge in [-0.2, -0.15) is 0 Å². The minimum absolute atomic E-state index is 0.497. The van der Waals surface area contributed by atoms with Crippen molar-refractivity contribution in [1.82, 2.24) is 0 Å². The average Bonchev–Trinajstić information content (AvgIpc) is 2.40. The molecule has 0 bridgehead atoms. The first-order valence-corrected chi connectivity index (χ1v) is 7.17. The van der Waals surface area contributed by atoms with Crippen LogP contribution in [0.15, 0.2) is 30.3 Å². The van der Waals surface area contributed by atoms with Gasteiger partial charge in [0, 0.05) is 11.8 Å². The van der Waals surface area contributed by atoms with Crippen molar-refractivity contribution in [2.75, 3.05) is 18.9 Å². The van der Waals surface area contributed by atoms with Crippen molar-refractivity contribution in [3.63, 3.8) is 0 Å². The Bertz CT molecular complexity index is 612. The fourth-order valence-electron chi connectivity index (χ4n) is 2.46. The zero-order chi connectivity index (χ0) is 15.4. The van der Waals surface area contributed by atoms with Gasteiger partial charge in [0.05, 0.1) is 0 Å². The van der Waals surface area contributed by atoms with Crippen molar-refractivity contribution >= 4 is 5.69 Å². The SMILES string of the molecule is Cc1cc(C)c(OCCOc2cc(N)ccc2C)c(C)c1. The summed E-state index contributed by atoms with van der Waals surface area (Å²) in [6, 6.07) is 9.94. The quantitative estimate of drug-likeness (QED) is 0.668. The third-order valence-electron chi connectivity index (χ3n) is 3.40. The third-order valence-corrected chi connectivity index (χ3v) is 3.40. The molecule has 0 spiro atoms. The molecule has 0 aliphatic rings. The molecular weight excluding hydrogens is 262 g/mol. The molecule has 21 heavy (non-hydrogen) atoms. The highest BCUT2D eigenvalue weighted by Crippen LogP contribution is 2.25. The smallest absolute Gasteiger partial charge is 0.125 e. The van der Waals surface area contributed by atoms with Crippen LogP contribution >= 0.6 is 0 Å². The van der Waals surface area contributed by atoms with E-state index >= 15 is 0 Å². The number of nitrogens with two attached hydrogens (primary N) is 1. The number of ether oxygens (including phenoxy) is 2. The highest BCUT2D eigenvalue weighted by Gasteiger charge is 2.05. The summed E-state index contributed by atoms with van der Waals surface area (Å²) in [6.07, 6.45) is 0. The van der Waals surface area contributed by atoms with Crippen molar-refractivity contribution in [2.24, 2.45) is 0 Å². The van der Waals surface area contributed by atoms with Crippen molar-refractivity contribution in [3.8, 4) is 11.5 Å². The first kappa shape index (κ1) is 15.2. The van der Waals surface area contributed by atoms with Crippen LogP contribution < -0.4 is 15.2 Å². The molecule has 0 fully saturated rings. The van der Waals surface area contributed by atoms with Gasteiger partial charge in [0.15, 0.2) is 0 Å². The molecule has 0 heterocycles. The van der Waals surface area contributed by atoms with E-state index in [2.05, 4.69) is 32.9 Å². The number of aryl methyl sites for hydroxylation is 4. The molecule has 3 nitrogen and oxygen atoms in total. The minimum Gasteiger partial charge on any atom is -0.490 e. The number of anilines is 1. The van der Waals surface area contributed by atoms with Crippen molar-refractivity contribution < 1.29 is 9.47 Å². The summed E-state index contributed by atoms with van der Waals surface area (Å²) >= 11 is 0. The molecule has 0 aliphatic carbocycles. The molecule has 2 rings (SSSR count). The normalized spacial score (nSPS) is 10.5. The van der Waals surface area contributed by atoms with Gasteiger partial charge in [-0.3, -0.25) is 0 Å². The lowest BCUT2D eigenvalue weighted by Gasteiger charge is -2.14. The van der Waals surface area contributed by atoms with Crippen LogP contribution in [0.2, 0.25) is 0 Å². The average molecular weight is 285 g/mol. The lowest BCUT2D eigenvalue weighted by molar-refractivity contribution is 0.214. The summed E-state index contributed by atoms with van der Waals surface area (Å²) < 4.78 is 11.6. The maximum absolute atomic E-state index is 5.86. The standard InChI is InChI=1S/C18H23NO2/c1-12-9-14(3)18(15(4)10-12)21-8-7-20-17-11-16(19)6-5-13(17)2/h5-6,9-11H,7-8,19H2,1-4H3. The van der Waals surface area contributed by atoms with Crippen LogP contribution in [-0.2, 0) is 0 Å². The number of rotatable bonds is 5. The van der Waals surface area contributed by atoms with E-state index in [-0.39, 0.29) is 0 Å². The zero-order valence-electron chi connectivity index (χ0n) is 13.2. The van der Waals surface area contributed by atoms with Gasteiger partial charge >= 0.3 is 0 Å². The predicted octanol–water partition coefficient (Wildman–Crippen LogP) is 3.96. The highest BCUT2D eigenvalue weighted by atomic mass is 16.5. The summed E-state index contributed by atoms with van der Waals surface area (Å²) in [5.41, 5.74) is 11.1. The van der Waals surface area contributed by atoms with E-state index in [0.717, 1.165) is 28.2 Å². The Morgan fingerprint density at radius 2 is 1.43 bits per heavy atom. The Kier molecular flexibility index (Phi) is 4.73. The van der Waals surface area contributed by atoms with Crippen LogP contribution in [0.1, 0.15) is 22.3 Å². The van der Waals surface area contributed by atoms with E-state index in [4.69, 9.17) is 15.2 Å². The van der Waals surface area contributed by atoms with Gasteiger partial charge in [-0.25, -0.2) is 0 Å². The molecule has 2 aromatic rings. The molecule has 0 atom stereocenters. The summed E-state index contributed by atoms with van der Waals surface area (Å²) in [5, 5.41) is 0. The van der Waals surface area contributed by atoms with Gasteiger partial charge < -0.3 is 15.2 Å². The van der Waals surface area contributed by atoms with E-state index < -0.39 is 0 Å². The van der Waals surface area contributed by atoms with Crippen molar-refractivity contribution in [2.45, 2.75) is 27.7 Å². The molecule has 0 radical (unpaired) electrons. The van der Waals surface area contributed by atoms with Gasteiger partial charge in [0.2, 0.25) is 0 Å². The van der Waals surface area contributed by atoms with Crippen molar-refractivity contribution in [1.29, 1.82) is 0 Å². The molecule has 3 heteroatoms. The second kappa shape index (κ2) is 6.53. The fraction of sp³-hybridized carbons (Fsp3) is 0.333. The second-order valence-corrected chi connectivity index (χ2v) is 5.45. The van der Waals surface area contributed by atoms with E-state index in [1.165, 1.54) is 5.56 Å². The van der Waals surface area contributed by atoms with Crippen molar-refractivity contribution in [3.05, 3.63) is 52.6 Å². The van der Waals surface area contributed by atoms with E-state index in [9.17, 15) is 0 Å². The molecule has 112 valence electrons. The molecule has 0 aliphatic heterocycles. The molecule has 0 saturated carbocycles. The first-order chi connectivity index (χ1) is 9.97. The number of benzene rings is 2.